The van der Waals surface area contributed by atoms with Gasteiger partial charge < -0.3 is 15.1 Å². The second-order valence-electron chi connectivity index (χ2n) is 7.48. The molecule has 1 aromatic rings. The number of rotatable bonds is 5. The Morgan fingerprint density at radius 2 is 2.00 bits per heavy atom. The Hall–Kier alpha value is -2.04. The lowest BCUT2D eigenvalue weighted by atomic mass is 9.79. The summed E-state index contributed by atoms with van der Waals surface area (Å²) in [5.41, 5.74) is 1.77. The van der Waals surface area contributed by atoms with Crippen LogP contribution in [0.5, 0.6) is 0 Å². The molecule has 5 nitrogen and oxygen atoms in total. The summed E-state index contributed by atoms with van der Waals surface area (Å²) < 4.78 is 0. The quantitative estimate of drug-likeness (QED) is 0.894. The predicted molar refractivity (Wildman–Crippen MR) is 98.6 cm³/mol. The van der Waals surface area contributed by atoms with Crippen LogP contribution in [0.25, 0.3) is 0 Å². The molecular weight excluding hydrogens is 314 g/mol. The van der Waals surface area contributed by atoms with Crippen molar-refractivity contribution in [3.63, 3.8) is 0 Å². The van der Waals surface area contributed by atoms with Crippen molar-refractivity contribution in [2.45, 2.75) is 44.6 Å². The Morgan fingerprint density at radius 1 is 1.20 bits per heavy atom. The van der Waals surface area contributed by atoms with Crippen LogP contribution in [0.15, 0.2) is 24.3 Å². The summed E-state index contributed by atoms with van der Waals surface area (Å²) in [4.78, 5) is 28.2. The number of nitrogens with zero attached hydrogens (tertiary/aromatic N) is 2. The predicted octanol–water partition coefficient (Wildman–Crippen LogP) is 2.91. The summed E-state index contributed by atoms with van der Waals surface area (Å²) in [5.74, 6) is 0.730. The van der Waals surface area contributed by atoms with Gasteiger partial charge in [0.05, 0.1) is 0 Å². The molecule has 0 bridgehead atoms. The molecule has 1 aliphatic carbocycles. The molecule has 1 aliphatic heterocycles. The minimum Gasteiger partial charge on any atom is -0.345 e. The average molecular weight is 343 g/mol. The van der Waals surface area contributed by atoms with E-state index >= 15 is 0 Å². The van der Waals surface area contributed by atoms with Crippen LogP contribution in [0, 0.1) is 5.92 Å². The lowest BCUT2D eigenvalue weighted by Gasteiger charge is -2.37. The van der Waals surface area contributed by atoms with E-state index in [-0.39, 0.29) is 11.9 Å². The maximum Gasteiger partial charge on any atom is 0.317 e. The zero-order valence-corrected chi connectivity index (χ0v) is 15.3. The molecule has 1 N–H and O–H groups in total. The van der Waals surface area contributed by atoms with E-state index in [2.05, 4.69) is 10.2 Å². The van der Waals surface area contributed by atoms with Gasteiger partial charge in [0.15, 0.2) is 0 Å². The summed E-state index contributed by atoms with van der Waals surface area (Å²) >= 11 is 0. The molecule has 1 aromatic carbocycles. The van der Waals surface area contributed by atoms with Gasteiger partial charge in [0.25, 0.3) is 5.91 Å². The smallest absolute Gasteiger partial charge is 0.317 e. The van der Waals surface area contributed by atoms with Gasteiger partial charge in [-0.25, -0.2) is 4.79 Å². The lowest BCUT2D eigenvalue weighted by Crippen LogP contribution is -2.47. The lowest BCUT2D eigenvalue weighted by molar-refractivity contribution is 0.0827. The third kappa shape index (κ3) is 4.14. The number of hydrogen-bond donors (Lipinski definition) is 1. The first-order chi connectivity index (χ1) is 12.1. The summed E-state index contributed by atoms with van der Waals surface area (Å²) in [5, 5.41) is 3.07. The van der Waals surface area contributed by atoms with Crippen LogP contribution >= 0.6 is 0 Å². The molecule has 1 heterocycles. The van der Waals surface area contributed by atoms with Gasteiger partial charge in [-0.1, -0.05) is 18.6 Å². The fourth-order valence-corrected chi connectivity index (χ4v) is 3.89. The number of carbonyl (C=O) groups is 2. The number of carbonyl (C=O) groups excluding carboxylic acids is 2. The molecule has 2 aliphatic rings. The molecule has 0 aromatic heterocycles. The Labute approximate surface area is 150 Å². The standard InChI is InChI=1S/C20H29N3O2/c1-22(2)19(24)17-9-3-6-15(14-17)11-12-21-20(25)23-13-5-10-18(23)16-7-4-8-16/h3,6,9,14,16,18H,4-5,7-8,10-13H2,1-2H3,(H,21,25). The van der Waals surface area contributed by atoms with Crippen LogP contribution in [0.4, 0.5) is 4.79 Å². The fraction of sp³-hybridized carbons (Fsp3) is 0.600. The molecule has 2 fully saturated rings. The first kappa shape index (κ1) is 17.8. The van der Waals surface area contributed by atoms with E-state index in [4.69, 9.17) is 0 Å². The number of likely N-dealkylation sites (tertiary alicyclic amines) is 1. The second-order valence-corrected chi connectivity index (χ2v) is 7.48. The highest BCUT2D eigenvalue weighted by atomic mass is 16.2. The van der Waals surface area contributed by atoms with Gasteiger partial charge in [-0.2, -0.15) is 0 Å². The van der Waals surface area contributed by atoms with Gasteiger partial charge in [-0.15, -0.1) is 0 Å². The highest BCUT2D eigenvalue weighted by molar-refractivity contribution is 5.94. The fourth-order valence-electron chi connectivity index (χ4n) is 3.89. The highest BCUT2D eigenvalue weighted by Gasteiger charge is 2.37. The van der Waals surface area contributed by atoms with E-state index in [1.807, 2.05) is 24.3 Å². The third-order valence-corrected chi connectivity index (χ3v) is 5.52. The number of hydrogen-bond acceptors (Lipinski definition) is 2. The summed E-state index contributed by atoms with van der Waals surface area (Å²) in [6.07, 6.45) is 6.90. The molecule has 3 rings (SSSR count). The van der Waals surface area contributed by atoms with Crippen molar-refractivity contribution in [1.82, 2.24) is 15.1 Å². The van der Waals surface area contributed by atoms with Gasteiger partial charge in [0.2, 0.25) is 0 Å². The van der Waals surface area contributed by atoms with Crippen molar-refractivity contribution in [2.24, 2.45) is 5.92 Å². The van der Waals surface area contributed by atoms with E-state index in [0.717, 1.165) is 37.3 Å². The van der Waals surface area contributed by atoms with Crippen LogP contribution in [0.2, 0.25) is 0 Å². The van der Waals surface area contributed by atoms with E-state index in [1.54, 1.807) is 19.0 Å². The van der Waals surface area contributed by atoms with E-state index in [9.17, 15) is 9.59 Å². The number of nitrogens with one attached hydrogen (secondary N) is 1. The van der Waals surface area contributed by atoms with Crippen molar-refractivity contribution in [3.8, 4) is 0 Å². The maximum absolute atomic E-state index is 12.5. The number of urea groups is 1. The molecule has 0 spiro atoms. The average Bonchev–Trinajstić information content (AvgIpc) is 3.01. The largest absolute Gasteiger partial charge is 0.345 e. The van der Waals surface area contributed by atoms with Crippen LogP contribution in [0.1, 0.15) is 48.0 Å². The molecule has 1 atom stereocenters. The first-order valence-electron chi connectivity index (χ1n) is 9.41. The maximum atomic E-state index is 12.5. The van der Waals surface area contributed by atoms with Crippen LogP contribution in [0.3, 0.4) is 0 Å². The van der Waals surface area contributed by atoms with E-state index in [0.29, 0.717) is 18.2 Å². The number of benzene rings is 1. The highest BCUT2D eigenvalue weighted by Crippen LogP contribution is 2.37. The number of amides is 3. The molecule has 1 saturated carbocycles. The summed E-state index contributed by atoms with van der Waals surface area (Å²) in [6.45, 7) is 1.49. The Bertz CT molecular complexity index is 625. The Balaban J connectivity index is 1.50. The SMILES string of the molecule is CN(C)C(=O)c1cccc(CCNC(=O)N2CCCC2C2CCC2)c1. The van der Waals surface area contributed by atoms with Crippen LogP contribution < -0.4 is 5.32 Å². The molecule has 1 unspecified atom stereocenters. The van der Waals surface area contributed by atoms with Gasteiger partial charge >= 0.3 is 6.03 Å². The normalized spacial score (nSPS) is 20.2. The monoisotopic (exact) mass is 343 g/mol. The van der Waals surface area contributed by atoms with Crippen LogP contribution in [-0.2, 0) is 6.42 Å². The van der Waals surface area contributed by atoms with Crippen molar-refractivity contribution in [3.05, 3.63) is 35.4 Å². The van der Waals surface area contributed by atoms with Gasteiger partial charge in [-0.3, -0.25) is 4.79 Å². The minimum absolute atomic E-state index is 0.00583. The van der Waals surface area contributed by atoms with Crippen molar-refractivity contribution in [1.29, 1.82) is 0 Å². The zero-order valence-electron chi connectivity index (χ0n) is 15.3. The Kier molecular flexibility index (Phi) is 5.61. The molecule has 136 valence electrons. The van der Waals surface area contributed by atoms with Crippen molar-refractivity contribution >= 4 is 11.9 Å². The van der Waals surface area contributed by atoms with Gasteiger partial charge in [-0.05, 0) is 55.7 Å². The molecular formula is C20H29N3O2. The molecule has 25 heavy (non-hydrogen) atoms. The Morgan fingerprint density at radius 3 is 2.68 bits per heavy atom. The molecule has 3 amide bonds. The minimum atomic E-state index is 0.00583. The molecule has 5 heteroatoms. The second kappa shape index (κ2) is 7.89. The molecule has 1 saturated heterocycles. The van der Waals surface area contributed by atoms with Crippen LogP contribution in [-0.4, -0.2) is 55.0 Å². The summed E-state index contributed by atoms with van der Waals surface area (Å²) in [6, 6.07) is 8.19. The van der Waals surface area contributed by atoms with E-state index in [1.165, 1.54) is 19.3 Å². The van der Waals surface area contributed by atoms with Crippen molar-refractivity contribution < 1.29 is 9.59 Å². The van der Waals surface area contributed by atoms with Crippen molar-refractivity contribution in [2.75, 3.05) is 27.2 Å². The summed E-state index contributed by atoms with van der Waals surface area (Å²) in [7, 11) is 3.51. The van der Waals surface area contributed by atoms with Gasteiger partial charge in [0.1, 0.15) is 0 Å². The molecule has 0 radical (unpaired) electrons. The topological polar surface area (TPSA) is 52.7 Å². The van der Waals surface area contributed by atoms with E-state index < -0.39 is 0 Å². The zero-order chi connectivity index (χ0) is 17.8. The van der Waals surface area contributed by atoms with Gasteiger partial charge in [0, 0.05) is 38.8 Å². The third-order valence-electron chi connectivity index (χ3n) is 5.52. The first-order valence-corrected chi connectivity index (χ1v) is 9.41.